The number of amides is 1. The Hall–Kier alpha value is -2.17. The molecule has 0 fully saturated rings. The molecular weight excluding hydrogens is 302 g/mol. The molecule has 1 amide bonds. The van der Waals surface area contributed by atoms with Gasteiger partial charge >= 0.3 is 0 Å². The molecule has 1 aliphatic heterocycles. The van der Waals surface area contributed by atoms with Crippen LogP contribution < -0.4 is 5.32 Å². The molecular formula is C20H23NO3. The van der Waals surface area contributed by atoms with Crippen LogP contribution in [0.3, 0.4) is 0 Å². The van der Waals surface area contributed by atoms with Crippen molar-refractivity contribution >= 4 is 5.91 Å². The molecule has 4 heteroatoms. The molecule has 0 spiro atoms. The van der Waals surface area contributed by atoms with E-state index in [0.717, 1.165) is 29.5 Å². The summed E-state index contributed by atoms with van der Waals surface area (Å²) < 4.78 is 5.78. The highest BCUT2D eigenvalue weighted by Gasteiger charge is 2.22. The molecule has 1 aliphatic rings. The van der Waals surface area contributed by atoms with Crippen LogP contribution >= 0.6 is 0 Å². The highest BCUT2D eigenvalue weighted by molar-refractivity contribution is 5.76. The zero-order chi connectivity index (χ0) is 16.8. The third-order valence-corrected chi connectivity index (χ3v) is 4.40. The van der Waals surface area contributed by atoms with Gasteiger partial charge < -0.3 is 15.2 Å². The predicted octanol–water partition coefficient (Wildman–Crippen LogP) is 2.54. The zero-order valence-electron chi connectivity index (χ0n) is 13.7. The summed E-state index contributed by atoms with van der Waals surface area (Å²) in [5.74, 6) is 0.0173. The van der Waals surface area contributed by atoms with E-state index in [1.54, 1.807) is 0 Å². The van der Waals surface area contributed by atoms with Crippen molar-refractivity contribution in [1.29, 1.82) is 0 Å². The van der Waals surface area contributed by atoms with E-state index >= 15 is 0 Å². The van der Waals surface area contributed by atoms with E-state index in [2.05, 4.69) is 17.4 Å². The van der Waals surface area contributed by atoms with Gasteiger partial charge in [-0.15, -0.1) is 0 Å². The predicted molar refractivity (Wildman–Crippen MR) is 92.5 cm³/mol. The minimum atomic E-state index is -0.140. The summed E-state index contributed by atoms with van der Waals surface area (Å²) in [5.41, 5.74) is 4.46. The third kappa shape index (κ3) is 4.22. The van der Waals surface area contributed by atoms with Crippen LogP contribution in [0.2, 0.25) is 0 Å². The number of benzene rings is 2. The first-order chi connectivity index (χ1) is 11.8. The van der Waals surface area contributed by atoms with Crippen molar-refractivity contribution in [1.82, 2.24) is 5.32 Å². The van der Waals surface area contributed by atoms with E-state index < -0.39 is 0 Å². The van der Waals surface area contributed by atoms with Crippen molar-refractivity contribution in [3.8, 4) is 0 Å². The van der Waals surface area contributed by atoms with E-state index in [1.807, 2.05) is 36.4 Å². The summed E-state index contributed by atoms with van der Waals surface area (Å²) in [7, 11) is 0. The number of aliphatic hydroxyl groups excluding tert-OH is 1. The molecule has 2 aromatic carbocycles. The first-order valence-electron chi connectivity index (χ1n) is 8.41. The first kappa shape index (κ1) is 16.7. The fourth-order valence-electron chi connectivity index (χ4n) is 3.04. The molecule has 1 heterocycles. The molecule has 1 atom stereocenters. The first-order valence-corrected chi connectivity index (χ1v) is 8.41. The van der Waals surface area contributed by atoms with Gasteiger partial charge in [-0.2, -0.15) is 0 Å². The summed E-state index contributed by atoms with van der Waals surface area (Å²) in [6, 6.07) is 16.0. The standard InChI is InChI=1S/C20H23NO3/c22-14-16-7-5-15(6-8-16)9-11-21-20(23)13-19-18-4-2-1-3-17(18)10-12-24-19/h1-8,19,22H,9-14H2,(H,21,23). The van der Waals surface area contributed by atoms with Crippen molar-refractivity contribution in [2.24, 2.45) is 0 Å². The van der Waals surface area contributed by atoms with Gasteiger partial charge in [-0.05, 0) is 35.1 Å². The molecule has 3 rings (SSSR count). The second-order valence-electron chi connectivity index (χ2n) is 6.09. The Labute approximate surface area is 142 Å². The van der Waals surface area contributed by atoms with Gasteiger partial charge in [0, 0.05) is 6.54 Å². The highest BCUT2D eigenvalue weighted by Crippen LogP contribution is 2.29. The van der Waals surface area contributed by atoms with Gasteiger partial charge in [0.2, 0.25) is 5.91 Å². The normalized spacial score (nSPS) is 16.5. The van der Waals surface area contributed by atoms with Gasteiger partial charge in [-0.25, -0.2) is 0 Å². The minimum absolute atomic E-state index is 0.0173. The van der Waals surface area contributed by atoms with Gasteiger partial charge in [0.1, 0.15) is 0 Å². The Morgan fingerprint density at radius 2 is 1.88 bits per heavy atom. The average Bonchev–Trinajstić information content (AvgIpc) is 2.63. The van der Waals surface area contributed by atoms with Crippen LogP contribution in [0.4, 0.5) is 0 Å². The molecule has 0 saturated heterocycles. The molecule has 0 saturated carbocycles. The molecule has 24 heavy (non-hydrogen) atoms. The molecule has 2 aromatic rings. The summed E-state index contributed by atoms with van der Waals surface area (Å²) in [5, 5.41) is 12.0. The van der Waals surface area contributed by atoms with Crippen molar-refractivity contribution in [2.75, 3.05) is 13.2 Å². The van der Waals surface area contributed by atoms with Crippen LogP contribution in [-0.4, -0.2) is 24.2 Å². The number of hydrogen-bond acceptors (Lipinski definition) is 3. The van der Waals surface area contributed by atoms with Crippen LogP contribution in [0.25, 0.3) is 0 Å². The van der Waals surface area contributed by atoms with E-state index in [4.69, 9.17) is 9.84 Å². The summed E-state index contributed by atoms with van der Waals surface area (Å²) in [4.78, 5) is 12.2. The number of hydrogen-bond donors (Lipinski definition) is 2. The van der Waals surface area contributed by atoms with E-state index in [1.165, 1.54) is 5.56 Å². The second kappa shape index (κ2) is 8.08. The Kier molecular flexibility index (Phi) is 5.62. The molecule has 0 aromatic heterocycles. The lowest BCUT2D eigenvalue weighted by Crippen LogP contribution is -2.29. The van der Waals surface area contributed by atoms with E-state index in [9.17, 15) is 4.79 Å². The largest absolute Gasteiger partial charge is 0.392 e. The van der Waals surface area contributed by atoms with Crippen LogP contribution in [0, 0.1) is 0 Å². The molecule has 4 nitrogen and oxygen atoms in total. The Morgan fingerprint density at radius 1 is 1.12 bits per heavy atom. The number of ether oxygens (including phenoxy) is 1. The molecule has 2 N–H and O–H groups in total. The van der Waals surface area contributed by atoms with Gasteiger partial charge in [0.25, 0.3) is 0 Å². The van der Waals surface area contributed by atoms with Crippen LogP contribution in [0.1, 0.15) is 34.8 Å². The fraction of sp³-hybridized carbons (Fsp3) is 0.350. The maximum atomic E-state index is 12.2. The minimum Gasteiger partial charge on any atom is -0.392 e. The number of nitrogens with one attached hydrogen (secondary N) is 1. The number of carbonyl (C=O) groups is 1. The second-order valence-corrected chi connectivity index (χ2v) is 6.09. The van der Waals surface area contributed by atoms with E-state index in [-0.39, 0.29) is 18.6 Å². The zero-order valence-corrected chi connectivity index (χ0v) is 13.7. The average molecular weight is 325 g/mol. The topological polar surface area (TPSA) is 58.6 Å². The van der Waals surface area contributed by atoms with Gasteiger partial charge in [-0.1, -0.05) is 48.5 Å². The van der Waals surface area contributed by atoms with Crippen LogP contribution in [-0.2, 0) is 29.0 Å². The smallest absolute Gasteiger partial charge is 0.222 e. The van der Waals surface area contributed by atoms with Crippen molar-refractivity contribution in [3.63, 3.8) is 0 Å². The molecule has 0 radical (unpaired) electrons. The van der Waals surface area contributed by atoms with Crippen LogP contribution in [0.5, 0.6) is 0 Å². The Morgan fingerprint density at radius 3 is 2.67 bits per heavy atom. The SMILES string of the molecule is O=C(CC1OCCc2ccccc21)NCCc1ccc(CO)cc1. The molecule has 0 bridgehead atoms. The van der Waals surface area contributed by atoms with Crippen LogP contribution in [0.15, 0.2) is 48.5 Å². The number of fused-ring (bicyclic) bond motifs is 1. The monoisotopic (exact) mass is 325 g/mol. The maximum Gasteiger partial charge on any atom is 0.222 e. The number of rotatable bonds is 6. The Balaban J connectivity index is 1.48. The third-order valence-electron chi connectivity index (χ3n) is 4.40. The lowest BCUT2D eigenvalue weighted by Gasteiger charge is -2.25. The lowest BCUT2D eigenvalue weighted by molar-refractivity contribution is -0.124. The summed E-state index contributed by atoms with van der Waals surface area (Å²) in [6.45, 7) is 1.33. The van der Waals surface area contributed by atoms with Gasteiger partial charge in [0.05, 0.1) is 25.7 Å². The van der Waals surface area contributed by atoms with Crippen molar-refractivity contribution in [3.05, 3.63) is 70.8 Å². The quantitative estimate of drug-likeness (QED) is 0.858. The van der Waals surface area contributed by atoms with E-state index in [0.29, 0.717) is 19.6 Å². The maximum absolute atomic E-state index is 12.2. The molecule has 0 aliphatic carbocycles. The summed E-state index contributed by atoms with van der Waals surface area (Å²) >= 11 is 0. The molecule has 1 unspecified atom stereocenters. The van der Waals surface area contributed by atoms with Gasteiger partial charge in [-0.3, -0.25) is 4.79 Å². The highest BCUT2D eigenvalue weighted by atomic mass is 16.5. The number of carbonyl (C=O) groups excluding carboxylic acids is 1. The number of aliphatic hydroxyl groups is 1. The molecule has 126 valence electrons. The lowest BCUT2D eigenvalue weighted by atomic mass is 9.95. The Bertz CT molecular complexity index is 682. The van der Waals surface area contributed by atoms with Crippen molar-refractivity contribution in [2.45, 2.75) is 32.0 Å². The van der Waals surface area contributed by atoms with Crippen molar-refractivity contribution < 1.29 is 14.6 Å². The summed E-state index contributed by atoms with van der Waals surface area (Å²) in [6.07, 6.45) is 1.91. The fourth-order valence-corrected chi connectivity index (χ4v) is 3.04. The van der Waals surface area contributed by atoms with Gasteiger partial charge in [0.15, 0.2) is 0 Å².